The van der Waals surface area contributed by atoms with Gasteiger partial charge in [-0.25, -0.2) is 13.8 Å². The summed E-state index contributed by atoms with van der Waals surface area (Å²) < 4.78 is 16.1. The summed E-state index contributed by atoms with van der Waals surface area (Å²) >= 11 is 0. The Kier molecular flexibility index (Phi) is 5.67. The van der Waals surface area contributed by atoms with E-state index in [4.69, 9.17) is 0 Å². The molecule has 2 heterocycles. The lowest BCUT2D eigenvalue weighted by molar-refractivity contribution is 0.0932. The predicted octanol–water partition coefficient (Wildman–Crippen LogP) is 2.78. The minimum absolute atomic E-state index is 0.184. The van der Waals surface area contributed by atoms with Crippen molar-refractivity contribution >= 4 is 5.91 Å². The zero-order chi connectivity index (χ0) is 20.3. The molecule has 0 aliphatic rings. The highest BCUT2D eigenvalue weighted by atomic mass is 19.1. The van der Waals surface area contributed by atoms with Crippen LogP contribution >= 0.6 is 0 Å². The quantitative estimate of drug-likeness (QED) is 0.710. The van der Waals surface area contributed by atoms with Crippen LogP contribution in [-0.2, 0) is 6.54 Å². The molecule has 0 bridgehead atoms. The first-order valence-electron chi connectivity index (χ1n) is 9.10. The largest absolute Gasteiger partial charge is 0.344 e. The van der Waals surface area contributed by atoms with Crippen LogP contribution in [0.4, 0.5) is 4.39 Å². The maximum Gasteiger partial charge on any atom is 0.272 e. The molecule has 1 atom stereocenters. The third-order valence-corrected chi connectivity index (χ3v) is 4.47. The molecule has 0 fully saturated rings. The molecular weight excluding hydrogens is 361 g/mol. The Labute approximate surface area is 161 Å². The van der Waals surface area contributed by atoms with Crippen LogP contribution in [-0.4, -0.2) is 25.5 Å². The summed E-state index contributed by atoms with van der Waals surface area (Å²) in [5, 5.41) is 11.4. The van der Waals surface area contributed by atoms with Gasteiger partial charge in [0.25, 0.3) is 11.5 Å². The van der Waals surface area contributed by atoms with Gasteiger partial charge in [0.1, 0.15) is 11.5 Å². The SMILES string of the molecule is CCCn1nc(C(=O)NC(C)c2cnn(-c3ccc(F)cc3)c2C)ccc1=O. The number of carbonyl (C=O) groups excluding carboxylic acids is 1. The molecule has 3 rings (SSSR count). The molecule has 0 aliphatic heterocycles. The Hall–Kier alpha value is -3.29. The van der Waals surface area contributed by atoms with Gasteiger partial charge >= 0.3 is 0 Å². The fourth-order valence-electron chi connectivity index (χ4n) is 2.98. The highest BCUT2D eigenvalue weighted by molar-refractivity contribution is 5.92. The van der Waals surface area contributed by atoms with E-state index in [1.807, 2.05) is 20.8 Å². The minimum atomic E-state index is -0.369. The first-order valence-corrected chi connectivity index (χ1v) is 9.10. The molecule has 0 spiro atoms. The van der Waals surface area contributed by atoms with Gasteiger partial charge in [-0.15, -0.1) is 0 Å². The number of hydrogen-bond acceptors (Lipinski definition) is 4. The molecule has 7 nitrogen and oxygen atoms in total. The molecule has 8 heteroatoms. The van der Waals surface area contributed by atoms with E-state index in [0.717, 1.165) is 23.4 Å². The highest BCUT2D eigenvalue weighted by Crippen LogP contribution is 2.20. The summed E-state index contributed by atoms with van der Waals surface area (Å²) in [4.78, 5) is 24.3. The molecule has 3 aromatic rings. The van der Waals surface area contributed by atoms with Crippen LogP contribution in [0.1, 0.15) is 48.1 Å². The van der Waals surface area contributed by atoms with Crippen molar-refractivity contribution in [3.63, 3.8) is 0 Å². The molecule has 2 aromatic heterocycles. The fourth-order valence-corrected chi connectivity index (χ4v) is 2.98. The van der Waals surface area contributed by atoms with E-state index >= 15 is 0 Å². The van der Waals surface area contributed by atoms with Crippen molar-refractivity contribution in [1.29, 1.82) is 0 Å². The van der Waals surface area contributed by atoms with Gasteiger partial charge in [-0.1, -0.05) is 6.92 Å². The van der Waals surface area contributed by atoms with Crippen LogP contribution in [0.3, 0.4) is 0 Å². The second-order valence-electron chi connectivity index (χ2n) is 6.55. The van der Waals surface area contributed by atoms with Gasteiger partial charge in [0.15, 0.2) is 0 Å². The first-order chi connectivity index (χ1) is 13.4. The van der Waals surface area contributed by atoms with Gasteiger partial charge in [0.2, 0.25) is 0 Å². The standard InChI is InChI=1S/C20H22FN5O2/c1-4-11-25-19(27)10-9-18(24-25)20(28)23-13(2)17-12-22-26(14(17)3)16-7-5-15(21)6-8-16/h5-10,12-13H,4,11H2,1-3H3,(H,23,28). The van der Waals surface area contributed by atoms with Crippen molar-refractivity contribution in [2.75, 3.05) is 0 Å². The van der Waals surface area contributed by atoms with E-state index in [1.165, 1.54) is 28.9 Å². The molecule has 0 saturated heterocycles. The number of carbonyl (C=O) groups is 1. The molecular formula is C20H22FN5O2. The summed E-state index contributed by atoms with van der Waals surface area (Å²) in [6.07, 6.45) is 2.42. The van der Waals surface area contributed by atoms with Crippen molar-refractivity contribution in [2.45, 2.75) is 39.8 Å². The smallest absolute Gasteiger partial charge is 0.272 e. The maximum absolute atomic E-state index is 13.1. The van der Waals surface area contributed by atoms with Gasteiger partial charge in [-0.2, -0.15) is 10.2 Å². The van der Waals surface area contributed by atoms with E-state index in [0.29, 0.717) is 6.54 Å². The van der Waals surface area contributed by atoms with E-state index in [-0.39, 0.29) is 29.0 Å². The summed E-state index contributed by atoms with van der Waals surface area (Å²) in [6, 6.07) is 8.48. The lowest BCUT2D eigenvalue weighted by atomic mass is 10.1. The van der Waals surface area contributed by atoms with Crippen molar-refractivity contribution in [1.82, 2.24) is 24.9 Å². The van der Waals surface area contributed by atoms with Gasteiger partial charge in [0.05, 0.1) is 17.9 Å². The monoisotopic (exact) mass is 383 g/mol. The lowest BCUT2D eigenvalue weighted by Gasteiger charge is -2.14. The van der Waals surface area contributed by atoms with Crippen LogP contribution in [0, 0.1) is 12.7 Å². The summed E-state index contributed by atoms with van der Waals surface area (Å²) in [5.74, 6) is -0.683. The molecule has 1 amide bonds. The maximum atomic E-state index is 13.1. The van der Waals surface area contributed by atoms with Crippen molar-refractivity contribution in [2.24, 2.45) is 0 Å². The van der Waals surface area contributed by atoms with Crippen LogP contribution < -0.4 is 10.9 Å². The van der Waals surface area contributed by atoms with E-state index in [1.54, 1.807) is 23.0 Å². The normalized spacial score (nSPS) is 12.0. The summed E-state index contributed by atoms with van der Waals surface area (Å²) in [6.45, 7) is 6.12. The fraction of sp³-hybridized carbons (Fsp3) is 0.300. The third-order valence-electron chi connectivity index (χ3n) is 4.47. The van der Waals surface area contributed by atoms with Crippen molar-refractivity contribution in [3.8, 4) is 5.69 Å². The number of halogens is 1. The number of hydrogen-bond donors (Lipinski definition) is 1. The number of benzene rings is 1. The molecule has 1 N–H and O–H groups in total. The molecule has 146 valence electrons. The lowest BCUT2D eigenvalue weighted by Crippen LogP contribution is -2.31. The van der Waals surface area contributed by atoms with Gasteiger partial charge < -0.3 is 5.32 Å². The summed E-state index contributed by atoms with van der Waals surface area (Å²) in [7, 11) is 0. The van der Waals surface area contributed by atoms with Gasteiger partial charge in [0, 0.05) is 23.9 Å². The molecule has 0 radical (unpaired) electrons. The Morgan fingerprint density at radius 3 is 2.61 bits per heavy atom. The second-order valence-corrected chi connectivity index (χ2v) is 6.55. The number of nitrogens with zero attached hydrogens (tertiary/aromatic N) is 4. The number of amides is 1. The van der Waals surface area contributed by atoms with Crippen LogP contribution in [0.2, 0.25) is 0 Å². The topological polar surface area (TPSA) is 81.8 Å². The molecule has 1 unspecified atom stereocenters. The number of rotatable bonds is 6. The van der Waals surface area contributed by atoms with E-state index in [9.17, 15) is 14.0 Å². The van der Waals surface area contributed by atoms with Gasteiger partial charge in [-0.05, 0) is 50.6 Å². The van der Waals surface area contributed by atoms with Crippen LogP contribution in [0.5, 0.6) is 0 Å². The van der Waals surface area contributed by atoms with Crippen LogP contribution in [0.15, 0.2) is 47.4 Å². The van der Waals surface area contributed by atoms with E-state index < -0.39 is 0 Å². The Morgan fingerprint density at radius 1 is 1.21 bits per heavy atom. The molecule has 1 aromatic carbocycles. The third kappa shape index (κ3) is 4.00. The zero-order valence-corrected chi connectivity index (χ0v) is 16.0. The summed E-state index contributed by atoms with van der Waals surface area (Å²) in [5.41, 5.74) is 2.35. The Morgan fingerprint density at radius 2 is 1.93 bits per heavy atom. The van der Waals surface area contributed by atoms with Gasteiger partial charge in [-0.3, -0.25) is 9.59 Å². The average molecular weight is 383 g/mol. The highest BCUT2D eigenvalue weighted by Gasteiger charge is 2.18. The molecule has 28 heavy (non-hydrogen) atoms. The zero-order valence-electron chi connectivity index (χ0n) is 16.0. The number of nitrogens with one attached hydrogen (secondary N) is 1. The molecule has 0 aliphatic carbocycles. The second kappa shape index (κ2) is 8.16. The van der Waals surface area contributed by atoms with E-state index in [2.05, 4.69) is 15.5 Å². The molecule has 0 saturated carbocycles. The Balaban J connectivity index is 1.79. The Bertz CT molecular complexity index is 1040. The number of aromatic nitrogens is 4. The average Bonchev–Trinajstić information content (AvgIpc) is 3.06. The number of aryl methyl sites for hydroxylation is 1. The van der Waals surface area contributed by atoms with Crippen molar-refractivity contribution < 1.29 is 9.18 Å². The first kappa shape index (κ1) is 19.5. The van der Waals surface area contributed by atoms with Crippen LogP contribution in [0.25, 0.3) is 5.69 Å². The minimum Gasteiger partial charge on any atom is -0.344 e. The predicted molar refractivity (Wildman–Crippen MR) is 103 cm³/mol. The van der Waals surface area contributed by atoms with Crippen molar-refractivity contribution in [3.05, 3.63) is 75.7 Å².